The van der Waals surface area contributed by atoms with Crippen LogP contribution < -0.4 is 9.64 Å². The van der Waals surface area contributed by atoms with Crippen molar-refractivity contribution in [1.82, 2.24) is 0 Å². The molecule has 1 aliphatic heterocycles. The van der Waals surface area contributed by atoms with Crippen molar-refractivity contribution in [2.24, 2.45) is 35.5 Å². The van der Waals surface area contributed by atoms with Gasteiger partial charge in [0.2, 0.25) is 11.8 Å². The molecule has 118 valence electrons. The largest absolute Gasteiger partial charge is 0.492 e. The van der Waals surface area contributed by atoms with E-state index in [2.05, 4.69) is 12.2 Å². The first-order valence-electron chi connectivity index (χ1n) is 8.50. The molecule has 6 atom stereocenters. The molecule has 0 spiro atoms. The Bertz CT molecular complexity index is 704. The van der Waals surface area contributed by atoms with E-state index in [-0.39, 0.29) is 35.5 Å². The second-order valence-corrected chi connectivity index (χ2v) is 7.07. The molecular weight excluding hydrogens is 290 g/mol. The fourth-order valence-electron chi connectivity index (χ4n) is 5.11. The average molecular weight is 309 g/mol. The van der Waals surface area contributed by atoms with Gasteiger partial charge in [-0.05, 0) is 49.1 Å². The van der Waals surface area contributed by atoms with Crippen molar-refractivity contribution in [2.75, 3.05) is 11.5 Å². The first kappa shape index (κ1) is 13.3. The molecule has 0 unspecified atom stereocenters. The van der Waals surface area contributed by atoms with Gasteiger partial charge in [-0.1, -0.05) is 24.3 Å². The van der Waals surface area contributed by atoms with Gasteiger partial charge in [-0.3, -0.25) is 9.59 Å². The van der Waals surface area contributed by atoms with Crippen molar-refractivity contribution in [3.8, 4) is 5.75 Å². The van der Waals surface area contributed by atoms with Crippen LogP contribution in [0.3, 0.4) is 0 Å². The lowest BCUT2D eigenvalue weighted by atomic mass is 9.63. The van der Waals surface area contributed by atoms with Gasteiger partial charge in [0.1, 0.15) is 5.75 Å². The van der Waals surface area contributed by atoms with Crippen molar-refractivity contribution in [2.45, 2.75) is 13.3 Å². The van der Waals surface area contributed by atoms with E-state index in [1.165, 1.54) is 11.3 Å². The molecule has 4 nitrogen and oxygen atoms in total. The predicted octanol–water partition coefficient (Wildman–Crippen LogP) is 2.64. The highest BCUT2D eigenvalue weighted by Crippen LogP contribution is 2.65. The van der Waals surface area contributed by atoms with Gasteiger partial charge in [0.05, 0.1) is 24.1 Å². The van der Waals surface area contributed by atoms with Crippen LogP contribution in [0.15, 0.2) is 36.4 Å². The standard InChI is InChI=1S/C19H19NO3/c1-2-23-15-6-4-3-5-14(15)20-18(21)16-10-7-8-11(13-9-12(10)13)17(16)19(20)22/h3-8,10-13,16-17H,2,9H2,1H3/t10-,11-,12-,13-,16+,17+/m0/s1. The highest BCUT2D eigenvalue weighted by molar-refractivity contribution is 6.23. The summed E-state index contributed by atoms with van der Waals surface area (Å²) in [6.07, 6.45) is 5.58. The summed E-state index contributed by atoms with van der Waals surface area (Å²) in [4.78, 5) is 27.6. The van der Waals surface area contributed by atoms with Crippen molar-refractivity contribution < 1.29 is 14.3 Å². The molecule has 4 heteroatoms. The molecule has 1 aromatic carbocycles. The Hall–Kier alpha value is -2.10. The number of benzene rings is 1. The zero-order chi connectivity index (χ0) is 15.7. The number of amides is 2. The molecule has 0 N–H and O–H groups in total. The van der Waals surface area contributed by atoms with Gasteiger partial charge in [0, 0.05) is 0 Å². The minimum absolute atomic E-state index is 0.0307. The maximum Gasteiger partial charge on any atom is 0.238 e. The monoisotopic (exact) mass is 309 g/mol. The third-order valence-corrected chi connectivity index (χ3v) is 6.07. The fourth-order valence-corrected chi connectivity index (χ4v) is 5.11. The zero-order valence-electron chi connectivity index (χ0n) is 13.0. The van der Waals surface area contributed by atoms with Gasteiger partial charge in [0.15, 0.2) is 0 Å². The van der Waals surface area contributed by atoms with E-state index in [1.54, 1.807) is 0 Å². The molecule has 5 aliphatic rings. The van der Waals surface area contributed by atoms with Gasteiger partial charge in [-0.25, -0.2) is 4.90 Å². The lowest BCUT2D eigenvalue weighted by molar-refractivity contribution is -0.124. The Kier molecular flexibility index (Phi) is 2.59. The van der Waals surface area contributed by atoms with Crippen LogP contribution in [0.4, 0.5) is 5.69 Å². The third kappa shape index (κ3) is 1.61. The van der Waals surface area contributed by atoms with Gasteiger partial charge >= 0.3 is 0 Å². The van der Waals surface area contributed by atoms with Crippen molar-refractivity contribution >= 4 is 17.5 Å². The summed E-state index contributed by atoms with van der Waals surface area (Å²) in [6, 6.07) is 7.36. The number of imide groups is 1. The first-order chi connectivity index (χ1) is 11.2. The van der Waals surface area contributed by atoms with Crippen LogP contribution in [0.2, 0.25) is 0 Å². The molecule has 6 rings (SSSR count). The Morgan fingerprint density at radius 2 is 1.65 bits per heavy atom. The summed E-state index contributed by atoms with van der Waals surface area (Å²) in [7, 11) is 0. The average Bonchev–Trinajstić information content (AvgIpc) is 3.34. The minimum atomic E-state index is -0.157. The summed E-state index contributed by atoms with van der Waals surface area (Å²) < 4.78 is 5.64. The summed E-state index contributed by atoms with van der Waals surface area (Å²) in [6.45, 7) is 2.42. The van der Waals surface area contributed by atoms with Crippen LogP contribution in [-0.2, 0) is 9.59 Å². The molecule has 1 saturated heterocycles. The van der Waals surface area contributed by atoms with Crippen LogP contribution >= 0.6 is 0 Å². The van der Waals surface area contributed by atoms with Crippen LogP contribution in [0, 0.1) is 35.5 Å². The van der Waals surface area contributed by atoms with E-state index in [0.29, 0.717) is 29.9 Å². The molecule has 2 amide bonds. The second kappa shape index (κ2) is 4.47. The summed E-state index contributed by atoms with van der Waals surface area (Å²) in [5, 5.41) is 0. The number of hydrogen-bond donors (Lipinski definition) is 0. The molecule has 1 aromatic rings. The SMILES string of the molecule is CCOc1ccccc1N1C(=O)[C@@H]2[C@H]3C=C[C@@H]([C@@H]4C[C@@H]34)[C@H]2C1=O. The normalized spacial score (nSPS) is 39.4. The lowest BCUT2D eigenvalue weighted by Crippen LogP contribution is -2.40. The molecule has 4 aliphatic carbocycles. The number of carbonyl (C=O) groups excluding carboxylic acids is 2. The molecule has 1 heterocycles. The number of nitrogens with zero attached hydrogens (tertiary/aromatic N) is 1. The van der Waals surface area contributed by atoms with Gasteiger partial charge in [-0.15, -0.1) is 0 Å². The molecule has 0 aromatic heterocycles. The Balaban J connectivity index is 1.57. The smallest absolute Gasteiger partial charge is 0.238 e. The number of carbonyl (C=O) groups is 2. The maximum atomic E-state index is 13.1. The van der Waals surface area contributed by atoms with Crippen molar-refractivity contribution in [3.05, 3.63) is 36.4 Å². The van der Waals surface area contributed by atoms with E-state index < -0.39 is 0 Å². The van der Waals surface area contributed by atoms with Gasteiger partial charge in [0.25, 0.3) is 0 Å². The third-order valence-electron chi connectivity index (χ3n) is 6.07. The van der Waals surface area contributed by atoms with E-state index in [1.807, 2.05) is 31.2 Å². The number of rotatable bonds is 3. The lowest BCUT2D eigenvalue weighted by Gasteiger charge is -2.37. The number of hydrogen-bond acceptors (Lipinski definition) is 3. The summed E-state index contributed by atoms with van der Waals surface area (Å²) in [5.74, 6) is 2.02. The molecule has 3 fully saturated rings. The van der Waals surface area contributed by atoms with Crippen LogP contribution in [0.1, 0.15) is 13.3 Å². The van der Waals surface area contributed by atoms with Crippen LogP contribution in [-0.4, -0.2) is 18.4 Å². The highest BCUT2D eigenvalue weighted by atomic mass is 16.5. The Morgan fingerprint density at radius 1 is 1.04 bits per heavy atom. The molecular formula is C19H19NO3. The Labute approximate surface area is 135 Å². The quantitative estimate of drug-likeness (QED) is 0.637. The molecule has 2 bridgehead atoms. The predicted molar refractivity (Wildman–Crippen MR) is 84.8 cm³/mol. The zero-order valence-corrected chi connectivity index (χ0v) is 13.0. The van der Waals surface area contributed by atoms with E-state index in [0.717, 1.165) is 0 Å². The maximum absolute atomic E-state index is 13.1. The van der Waals surface area contributed by atoms with E-state index in [4.69, 9.17) is 4.74 Å². The summed E-state index contributed by atoms with van der Waals surface area (Å²) >= 11 is 0. The topological polar surface area (TPSA) is 46.6 Å². The number of ether oxygens (including phenoxy) is 1. The number of para-hydroxylation sites is 2. The van der Waals surface area contributed by atoms with Crippen molar-refractivity contribution in [3.63, 3.8) is 0 Å². The van der Waals surface area contributed by atoms with E-state index in [9.17, 15) is 9.59 Å². The van der Waals surface area contributed by atoms with Crippen molar-refractivity contribution in [1.29, 1.82) is 0 Å². The van der Waals surface area contributed by atoms with Gasteiger partial charge in [-0.2, -0.15) is 0 Å². The Morgan fingerprint density at radius 3 is 2.26 bits per heavy atom. The number of allylic oxidation sites excluding steroid dienone is 2. The number of anilines is 1. The van der Waals surface area contributed by atoms with Crippen LogP contribution in [0.25, 0.3) is 0 Å². The fraction of sp³-hybridized carbons (Fsp3) is 0.474. The molecule has 2 saturated carbocycles. The minimum Gasteiger partial charge on any atom is -0.492 e. The second-order valence-electron chi connectivity index (χ2n) is 7.07. The van der Waals surface area contributed by atoms with Crippen LogP contribution in [0.5, 0.6) is 5.75 Å². The van der Waals surface area contributed by atoms with E-state index >= 15 is 0 Å². The van der Waals surface area contributed by atoms with Gasteiger partial charge < -0.3 is 4.74 Å². The summed E-state index contributed by atoms with van der Waals surface area (Å²) in [5.41, 5.74) is 0.604. The molecule has 23 heavy (non-hydrogen) atoms. The first-order valence-corrected chi connectivity index (χ1v) is 8.50. The molecule has 0 radical (unpaired) electrons. The highest BCUT2D eigenvalue weighted by Gasteiger charge is 2.67.